The van der Waals surface area contributed by atoms with Crippen LogP contribution in [0.1, 0.15) is 132 Å². The van der Waals surface area contributed by atoms with Crippen LogP contribution in [0, 0.1) is 0 Å². The van der Waals surface area contributed by atoms with Gasteiger partial charge in [-0.05, 0) is 207 Å². The van der Waals surface area contributed by atoms with Crippen LogP contribution in [0.4, 0.5) is 17.1 Å². The van der Waals surface area contributed by atoms with Crippen LogP contribution in [0.25, 0.3) is 111 Å². The summed E-state index contributed by atoms with van der Waals surface area (Å²) in [5, 5.41) is 4.99. The minimum atomic E-state index is -0.352. The summed E-state index contributed by atoms with van der Waals surface area (Å²) in [4.78, 5) is 2.69. The molecule has 103 heavy (non-hydrogen) atoms. The number of hydrogen-bond donors (Lipinski definition) is 0. The molecule has 0 amide bonds. The highest BCUT2D eigenvalue weighted by Gasteiger charge is 2.47. The molecule has 0 radical (unpaired) electrons. The summed E-state index contributed by atoms with van der Waals surface area (Å²) < 4.78 is 13.2. The maximum Gasteiger partial charge on any atom is 0.258 e. The molecule has 13 aromatic carbocycles. The van der Waals surface area contributed by atoms with Crippen LogP contribution >= 0.6 is 0 Å². The van der Waals surface area contributed by atoms with Gasteiger partial charge < -0.3 is 18.8 Å². The molecule has 2 aliphatic heterocycles. The SMILES string of the molecule is CC(C)(C)c1cc2c3c(c1)N(c1c(-c4ccccc4)cc(-c4ccccc4)cc1-c1ccccc1)c1cc(-n4c5ccc(C(C)(C)C)cc5c5cc(C(C)(C)C)ccc54)cc(-c4ccccc4)c1B3c1c(cc(-n3c4ccc(C(C)(C)C)cc4c4cc(C(C)(C)C)ccc43)cc1-c1ccccc1)O2. The van der Waals surface area contributed by atoms with Crippen molar-refractivity contribution in [2.24, 2.45) is 0 Å². The quantitative estimate of drug-likeness (QED) is 0.142. The Kier molecular flexibility index (Phi) is 15.2. The largest absolute Gasteiger partial charge is 0.458 e. The van der Waals surface area contributed by atoms with Crippen LogP contribution in [0.5, 0.6) is 11.5 Å². The molecule has 2 aliphatic rings. The fraction of sp³-hybridized carbons (Fsp3) is 0.204. The van der Waals surface area contributed by atoms with Crippen molar-refractivity contribution in [3.8, 4) is 78.5 Å². The lowest BCUT2D eigenvalue weighted by molar-refractivity contribution is 0.483. The molecule has 4 heterocycles. The maximum atomic E-state index is 8.07. The van der Waals surface area contributed by atoms with Crippen molar-refractivity contribution in [1.29, 1.82) is 0 Å². The van der Waals surface area contributed by atoms with Crippen molar-refractivity contribution in [3.63, 3.8) is 0 Å². The Labute approximate surface area is 609 Å². The Morgan fingerprint density at radius 3 is 0.942 bits per heavy atom. The number of fused-ring (bicyclic) bond motifs is 10. The minimum absolute atomic E-state index is 0.0542. The van der Waals surface area contributed by atoms with Crippen LogP contribution in [0.2, 0.25) is 0 Å². The molecule has 0 bridgehead atoms. The molecule has 0 spiro atoms. The molecular weight excluding hydrogens is 1250 g/mol. The van der Waals surface area contributed by atoms with E-state index in [1.54, 1.807) is 0 Å². The van der Waals surface area contributed by atoms with E-state index in [1.165, 1.54) is 65.9 Å². The number of ether oxygens (including phenoxy) is 1. The first-order chi connectivity index (χ1) is 49.2. The minimum Gasteiger partial charge on any atom is -0.458 e. The highest BCUT2D eigenvalue weighted by molar-refractivity contribution is 7.01. The van der Waals surface area contributed by atoms with E-state index in [1.807, 2.05) is 0 Å². The first kappa shape index (κ1) is 65.4. The van der Waals surface area contributed by atoms with E-state index in [0.717, 1.165) is 118 Å². The van der Waals surface area contributed by atoms with Crippen molar-refractivity contribution in [1.82, 2.24) is 9.13 Å². The summed E-state index contributed by atoms with van der Waals surface area (Å²) in [6, 6.07) is 104. The lowest BCUT2D eigenvalue weighted by Gasteiger charge is -2.44. The van der Waals surface area contributed by atoms with Gasteiger partial charge in [-0.25, -0.2) is 0 Å². The number of aromatic nitrogens is 2. The summed E-state index contributed by atoms with van der Waals surface area (Å²) in [5.74, 6) is 1.70. The zero-order chi connectivity index (χ0) is 71.4. The predicted molar refractivity (Wildman–Crippen MR) is 442 cm³/mol. The molecule has 0 saturated heterocycles. The molecule has 0 aliphatic carbocycles. The summed E-state index contributed by atoms with van der Waals surface area (Å²) in [6.45, 7) is 34.6. The van der Waals surface area contributed by atoms with E-state index in [0.29, 0.717) is 0 Å². The van der Waals surface area contributed by atoms with Gasteiger partial charge in [0.2, 0.25) is 0 Å². The Balaban J connectivity index is 1.06. The van der Waals surface area contributed by atoms with Gasteiger partial charge in [-0.2, -0.15) is 0 Å². The van der Waals surface area contributed by atoms with Gasteiger partial charge in [0.25, 0.3) is 6.71 Å². The molecule has 5 heteroatoms. The van der Waals surface area contributed by atoms with Crippen LogP contribution in [-0.2, 0) is 27.1 Å². The topological polar surface area (TPSA) is 22.3 Å². The van der Waals surface area contributed by atoms with Gasteiger partial charge in [0.1, 0.15) is 11.5 Å². The Morgan fingerprint density at radius 2 is 0.573 bits per heavy atom. The van der Waals surface area contributed by atoms with E-state index in [4.69, 9.17) is 4.74 Å². The van der Waals surface area contributed by atoms with Gasteiger partial charge in [0, 0.05) is 55.8 Å². The van der Waals surface area contributed by atoms with E-state index in [9.17, 15) is 0 Å². The number of anilines is 3. The second-order valence-corrected chi connectivity index (χ2v) is 34.2. The Hall–Kier alpha value is -10.9. The Bertz CT molecular complexity index is 5680. The third-order valence-electron chi connectivity index (χ3n) is 22.1. The summed E-state index contributed by atoms with van der Waals surface area (Å²) >= 11 is 0. The zero-order valence-electron chi connectivity index (χ0n) is 62.3. The lowest BCUT2D eigenvalue weighted by atomic mass is 9.32. The van der Waals surface area contributed by atoms with E-state index in [2.05, 4.69) is 391 Å². The standard InChI is InChI=1S/C98H90BN3O/c1-94(2,3)67-41-45-82-78(51-67)79-52-68(95(4,5)6)42-46-83(79)100(82)72-57-74(62-33-23-17-24-34-62)90-87(59-72)102(93-76(64-37-27-19-28-38-64)49-66(61-31-21-16-22-32-61)50-77(93)65-39-29-20-30-40-65)86-55-71(98(13,14)15)56-88-92(86)99(90)91-75(63-35-25-18-26-36-63)58-73(60-89(91)103-88)101-84-47-43-69(96(7,8)9)53-80(84)81-54-70(97(10,11)12)44-48-85(81)101/h16-60H,1-15H3. The highest BCUT2D eigenvalue weighted by Crippen LogP contribution is 2.54. The number of hydrogen-bond acceptors (Lipinski definition) is 2. The fourth-order valence-corrected chi connectivity index (χ4v) is 16.4. The van der Waals surface area contributed by atoms with E-state index < -0.39 is 0 Å². The van der Waals surface area contributed by atoms with Crippen LogP contribution < -0.4 is 26.0 Å². The zero-order valence-corrected chi connectivity index (χ0v) is 62.3. The molecule has 4 nitrogen and oxygen atoms in total. The summed E-state index contributed by atoms with van der Waals surface area (Å²) in [6.07, 6.45) is 0. The van der Waals surface area contributed by atoms with Crippen LogP contribution in [-0.4, -0.2) is 15.8 Å². The first-order valence-electron chi connectivity index (χ1n) is 36.9. The average molecular weight is 1340 g/mol. The van der Waals surface area contributed by atoms with Gasteiger partial charge in [0.15, 0.2) is 0 Å². The molecule has 506 valence electrons. The molecule has 15 aromatic rings. The number of nitrogens with zero attached hydrogens (tertiary/aromatic N) is 3. The fourth-order valence-electron chi connectivity index (χ4n) is 16.4. The second-order valence-electron chi connectivity index (χ2n) is 34.2. The van der Waals surface area contributed by atoms with Crippen LogP contribution in [0.3, 0.4) is 0 Å². The summed E-state index contributed by atoms with van der Waals surface area (Å²) in [7, 11) is 0. The smallest absolute Gasteiger partial charge is 0.258 e. The van der Waals surface area contributed by atoms with Crippen molar-refractivity contribution >= 4 is 83.8 Å². The molecular formula is C98H90BN3O. The third kappa shape index (κ3) is 11.1. The Morgan fingerprint density at radius 1 is 0.252 bits per heavy atom. The predicted octanol–water partition coefficient (Wildman–Crippen LogP) is 25.1. The van der Waals surface area contributed by atoms with Crippen molar-refractivity contribution in [2.75, 3.05) is 4.90 Å². The van der Waals surface area contributed by atoms with Crippen molar-refractivity contribution in [3.05, 3.63) is 301 Å². The van der Waals surface area contributed by atoms with Crippen LogP contribution in [0.15, 0.2) is 273 Å². The molecule has 0 atom stereocenters. The normalized spacial score (nSPS) is 13.2. The third-order valence-corrected chi connectivity index (χ3v) is 22.1. The maximum absolute atomic E-state index is 8.07. The van der Waals surface area contributed by atoms with Crippen molar-refractivity contribution in [2.45, 2.75) is 131 Å². The summed E-state index contributed by atoms with van der Waals surface area (Å²) in [5.41, 5.74) is 30.7. The number of benzene rings is 13. The van der Waals surface area contributed by atoms with Gasteiger partial charge in [-0.3, -0.25) is 0 Å². The highest BCUT2D eigenvalue weighted by atomic mass is 16.5. The van der Waals surface area contributed by atoms with Gasteiger partial charge in [0.05, 0.1) is 33.4 Å². The monoisotopic (exact) mass is 1340 g/mol. The van der Waals surface area contributed by atoms with Crippen molar-refractivity contribution < 1.29 is 4.74 Å². The first-order valence-corrected chi connectivity index (χ1v) is 36.9. The molecule has 2 aromatic heterocycles. The van der Waals surface area contributed by atoms with Gasteiger partial charge in [-0.15, -0.1) is 0 Å². The molecule has 0 fully saturated rings. The molecule has 17 rings (SSSR count). The second kappa shape index (κ2) is 23.9. The van der Waals surface area contributed by atoms with E-state index in [-0.39, 0.29) is 33.8 Å². The molecule has 0 unspecified atom stereocenters. The average Bonchev–Trinajstić information content (AvgIpc) is 0.760. The van der Waals surface area contributed by atoms with Gasteiger partial charge in [-0.1, -0.05) is 280 Å². The van der Waals surface area contributed by atoms with Gasteiger partial charge >= 0.3 is 0 Å². The van der Waals surface area contributed by atoms with E-state index >= 15 is 0 Å². The lowest BCUT2D eigenvalue weighted by Crippen LogP contribution is -2.60. The number of rotatable bonds is 8. The molecule has 0 saturated carbocycles. The molecule has 0 N–H and O–H groups in total.